The third kappa shape index (κ3) is 3.44. The molecule has 0 aromatic rings. The maximum absolute atomic E-state index is 13.1. The highest BCUT2D eigenvalue weighted by Crippen LogP contribution is 2.35. The molecular weight excluding hydrogens is 320 g/mol. The Kier molecular flexibility index (Phi) is 5.61. The lowest BCUT2D eigenvalue weighted by Crippen LogP contribution is -2.55. The van der Waals surface area contributed by atoms with Gasteiger partial charge < -0.3 is 9.53 Å². The minimum absolute atomic E-state index is 0.0189. The molecule has 24 heavy (non-hydrogen) atoms. The molecule has 0 aliphatic heterocycles. The average molecular weight is 342 g/mol. The van der Waals surface area contributed by atoms with Crippen molar-refractivity contribution in [2.45, 2.75) is 57.0 Å². The quantitative estimate of drug-likeness (QED) is 0.614. The van der Waals surface area contributed by atoms with Crippen LogP contribution in [0, 0.1) is 23.7 Å². The van der Waals surface area contributed by atoms with Gasteiger partial charge in [0, 0.05) is 5.57 Å². The molecule has 0 amide bonds. The van der Waals surface area contributed by atoms with E-state index in [1.54, 1.807) is 0 Å². The number of fused-ring (bicyclic) bond motifs is 2. The minimum Gasteiger partial charge on any atom is -0.394 e. The molecule has 2 bridgehead atoms. The Morgan fingerprint density at radius 1 is 1.21 bits per heavy atom. The lowest BCUT2D eigenvalue weighted by Gasteiger charge is -2.40. The summed E-state index contributed by atoms with van der Waals surface area (Å²) >= 11 is 0. The number of hydrogen-bond acceptors (Lipinski definition) is 4. The second-order valence-corrected chi connectivity index (χ2v) is 10.7. The van der Waals surface area contributed by atoms with Crippen LogP contribution in [0.3, 0.4) is 0 Å². The van der Waals surface area contributed by atoms with Gasteiger partial charge in [-0.1, -0.05) is 44.5 Å². The molecule has 0 fully saturated rings. The summed E-state index contributed by atoms with van der Waals surface area (Å²) in [5.41, 5.74) is -1.52. The van der Waals surface area contributed by atoms with Crippen molar-refractivity contribution in [1.29, 1.82) is 0 Å². The van der Waals surface area contributed by atoms with Gasteiger partial charge >= 0.3 is 0 Å². The molecule has 0 saturated heterocycles. The lowest BCUT2D eigenvalue weighted by atomic mass is 9.81. The highest BCUT2D eigenvalue weighted by molar-refractivity contribution is 6.74. The molecule has 5 heteroatoms. The monoisotopic (exact) mass is 342 g/mol. The first-order chi connectivity index (χ1) is 11.4. The third-order valence-electron chi connectivity index (χ3n) is 4.73. The predicted octanol–water partition coefficient (Wildman–Crippen LogP) is 2.15. The first-order valence-electron chi connectivity index (χ1n) is 8.28. The zero-order valence-corrected chi connectivity index (χ0v) is 15.3. The summed E-state index contributed by atoms with van der Waals surface area (Å²) < 4.78 is 6.41. The van der Waals surface area contributed by atoms with Gasteiger partial charge in [0.25, 0.3) is 0 Å². The molecule has 2 aliphatic carbocycles. The number of ketones is 2. The molecule has 4 nitrogen and oxygen atoms in total. The Labute approximate surface area is 144 Å². The lowest BCUT2D eigenvalue weighted by molar-refractivity contribution is -0.134. The number of aliphatic hydroxyl groups is 1. The van der Waals surface area contributed by atoms with Crippen LogP contribution in [0.4, 0.5) is 0 Å². The smallest absolute Gasteiger partial charge is 0.206 e. The van der Waals surface area contributed by atoms with Gasteiger partial charge in [-0.2, -0.15) is 0 Å². The summed E-state index contributed by atoms with van der Waals surface area (Å²) in [6.45, 7) is 6.15. The number of allylic oxidation sites excluding steroid dienone is 3. The van der Waals surface area contributed by atoms with Gasteiger partial charge in [0.1, 0.15) is 6.10 Å². The van der Waals surface area contributed by atoms with Crippen molar-refractivity contribution < 1.29 is 19.1 Å². The van der Waals surface area contributed by atoms with Gasteiger partial charge in [-0.25, -0.2) is 0 Å². The second-order valence-electron chi connectivity index (χ2n) is 6.04. The van der Waals surface area contributed by atoms with Crippen LogP contribution < -0.4 is 0 Å². The number of aliphatic hydroxyl groups excluding tert-OH is 1. The van der Waals surface area contributed by atoms with Crippen LogP contribution in [0.1, 0.15) is 27.2 Å². The first kappa shape index (κ1) is 18.4. The Bertz CT molecular complexity index is 714. The zero-order chi connectivity index (χ0) is 17.8. The van der Waals surface area contributed by atoms with Crippen LogP contribution in [0.15, 0.2) is 23.8 Å². The number of Topliss-reactive ketones (excluding diaryl/α,β-unsaturated/α-hetero) is 1. The number of rotatable bonds is 5. The summed E-state index contributed by atoms with van der Waals surface area (Å²) in [5, 5.41) is 10.2. The van der Waals surface area contributed by atoms with E-state index in [2.05, 4.69) is 44.5 Å². The van der Waals surface area contributed by atoms with Crippen LogP contribution >= 0.6 is 0 Å². The van der Waals surface area contributed by atoms with E-state index in [1.165, 1.54) is 18.2 Å². The van der Waals surface area contributed by atoms with E-state index >= 15 is 0 Å². The fourth-order valence-corrected chi connectivity index (χ4v) is 5.93. The van der Waals surface area contributed by atoms with Gasteiger partial charge in [-0.15, -0.1) is 0 Å². The van der Waals surface area contributed by atoms with Crippen LogP contribution in [-0.2, 0) is 14.0 Å². The van der Waals surface area contributed by atoms with Crippen molar-refractivity contribution in [2.24, 2.45) is 0 Å². The van der Waals surface area contributed by atoms with Gasteiger partial charge in [0.15, 0.2) is 19.7 Å². The summed E-state index contributed by atoms with van der Waals surface area (Å²) in [6.07, 6.45) is 2.80. The third-order valence-corrected chi connectivity index (χ3v) is 9.38. The van der Waals surface area contributed by atoms with E-state index in [9.17, 15) is 14.7 Å². The fraction of sp³-hybridized carbons (Fsp3) is 0.474. The maximum Gasteiger partial charge on any atom is 0.206 e. The highest BCUT2D eigenvalue weighted by atomic mass is 28.4. The van der Waals surface area contributed by atoms with Crippen LogP contribution in [0.2, 0.25) is 18.1 Å². The molecule has 0 spiro atoms. The van der Waals surface area contributed by atoms with E-state index in [0.717, 1.165) is 18.1 Å². The van der Waals surface area contributed by atoms with Crippen molar-refractivity contribution >= 4 is 19.9 Å². The number of carbonyl (C=O) groups is 2. The van der Waals surface area contributed by atoms with E-state index in [4.69, 9.17) is 4.43 Å². The van der Waals surface area contributed by atoms with Crippen molar-refractivity contribution in [1.82, 2.24) is 0 Å². The largest absolute Gasteiger partial charge is 0.394 e. The van der Waals surface area contributed by atoms with Gasteiger partial charge in [-0.05, 0) is 36.4 Å². The van der Waals surface area contributed by atoms with Crippen LogP contribution in [0.25, 0.3) is 0 Å². The average Bonchev–Trinajstić information content (AvgIpc) is 2.58. The molecule has 0 unspecified atom stereocenters. The van der Waals surface area contributed by atoms with Crippen LogP contribution in [0.5, 0.6) is 0 Å². The standard InChI is InChI=1S/C19H22O4Si/c1-4-24(5-2,6-3)23-19-12-10-8-7-9-11-17(21)16(18(19)22)13-15(20)14-19/h7-8,13,17,21H,4-6,14H2,1-3H3/b8-7-/t17-,19-/m1/s1. The van der Waals surface area contributed by atoms with Gasteiger partial charge in [0.2, 0.25) is 5.78 Å². The fourth-order valence-electron chi connectivity index (χ4n) is 3.04. The first-order valence-corrected chi connectivity index (χ1v) is 10.8. The number of carbonyl (C=O) groups excluding carboxylic acids is 2. The van der Waals surface area contributed by atoms with E-state index in [1.807, 2.05) is 0 Å². The van der Waals surface area contributed by atoms with Crippen LogP contribution in [-0.4, -0.2) is 36.7 Å². The Morgan fingerprint density at radius 3 is 2.46 bits per heavy atom. The molecule has 2 atom stereocenters. The van der Waals surface area contributed by atoms with Crippen molar-refractivity contribution in [3.63, 3.8) is 0 Å². The number of hydrogen-bond donors (Lipinski definition) is 1. The zero-order valence-electron chi connectivity index (χ0n) is 14.3. The Hall–Kier alpha value is -1.92. The normalized spacial score (nSPS) is 27.3. The molecule has 0 saturated carbocycles. The summed E-state index contributed by atoms with van der Waals surface area (Å²) in [6, 6.07) is 2.51. The molecule has 126 valence electrons. The van der Waals surface area contributed by atoms with Gasteiger partial charge in [0.05, 0.1) is 6.42 Å². The molecule has 0 heterocycles. The van der Waals surface area contributed by atoms with E-state index in [0.29, 0.717) is 0 Å². The summed E-state index contributed by atoms with van der Waals surface area (Å²) in [7, 11) is -2.20. The van der Waals surface area contributed by atoms with E-state index < -0.39 is 25.8 Å². The molecule has 2 rings (SSSR count). The highest BCUT2D eigenvalue weighted by Gasteiger charge is 2.50. The van der Waals surface area contributed by atoms with E-state index in [-0.39, 0.29) is 17.8 Å². The molecule has 0 aromatic heterocycles. The second kappa shape index (κ2) is 7.32. The molecule has 0 radical (unpaired) electrons. The minimum atomic E-state index is -2.20. The SMILES string of the molecule is CC[Si](CC)(CC)O[C@]12C#C/C=C\C#C[C@@H](O)C(=CC(=O)C1)C2=O. The van der Waals surface area contributed by atoms with Gasteiger partial charge in [-0.3, -0.25) is 9.59 Å². The molecular formula is C19H22O4Si. The molecule has 2 aliphatic rings. The maximum atomic E-state index is 13.1. The van der Waals surface area contributed by atoms with Crippen molar-refractivity contribution in [2.75, 3.05) is 0 Å². The van der Waals surface area contributed by atoms with Crippen molar-refractivity contribution in [3.8, 4) is 23.7 Å². The summed E-state index contributed by atoms with van der Waals surface area (Å²) in [5.74, 6) is 10.1. The van der Waals surface area contributed by atoms with Crippen molar-refractivity contribution in [3.05, 3.63) is 23.8 Å². The Balaban J connectivity index is 2.60. The Morgan fingerprint density at radius 2 is 1.83 bits per heavy atom. The predicted molar refractivity (Wildman–Crippen MR) is 94.4 cm³/mol. The topological polar surface area (TPSA) is 63.6 Å². The molecule has 0 aromatic carbocycles. The molecule has 1 N–H and O–H groups in total. The summed E-state index contributed by atoms with van der Waals surface area (Å²) in [4.78, 5) is 25.3.